The van der Waals surface area contributed by atoms with Crippen molar-refractivity contribution in [3.8, 4) is 0 Å². The number of nitrogens with zero attached hydrogens (tertiary/aromatic N) is 1. The lowest BCUT2D eigenvalue weighted by Gasteiger charge is -2.03. The van der Waals surface area contributed by atoms with Crippen LogP contribution in [0.4, 0.5) is 0 Å². The second kappa shape index (κ2) is 7.99. The van der Waals surface area contributed by atoms with Gasteiger partial charge in [0.05, 0.1) is 5.56 Å². The van der Waals surface area contributed by atoms with Crippen LogP contribution in [0.15, 0.2) is 35.4 Å². The number of hydrogen-bond donors (Lipinski definition) is 2. The number of aromatic nitrogens is 1. The summed E-state index contributed by atoms with van der Waals surface area (Å²) in [5.41, 5.74) is 5.45. The lowest BCUT2D eigenvalue weighted by molar-refractivity contribution is -0.645. The van der Waals surface area contributed by atoms with Crippen molar-refractivity contribution in [1.82, 2.24) is 0 Å². The van der Waals surface area contributed by atoms with Crippen LogP contribution in [0.25, 0.3) is 0 Å². The first kappa shape index (κ1) is 18.2. The Kier molecular flexibility index (Phi) is 6.62. The van der Waals surface area contributed by atoms with E-state index in [1.165, 1.54) is 21.4 Å². The van der Waals surface area contributed by atoms with Crippen molar-refractivity contribution < 1.29 is 9.47 Å². The zero-order valence-corrected chi connectivity index (χ0v) is 14.9. The van der Waals surface area contributed by atoms with Crippen LogP contribution in [-0.4, -0.2) is 5.78 Å². The van der Waals surface area contributed by atoms with Crippen molar-refractivity contribution in [3.05, 3.63) is 58.4 Å². The van der Waals surface area contributed by atoms with Gasteiger partial charge in [-0.05, 0) is 38.0 Å². The SMILES string of the molecule is CCC(=O)c1ccc(C)[n+](N)c1.Cc1cc(C)c(S)c(C)c1. The molecule has 0 unspecified atom stereocenters. The molecule has 2 aromatic rings. The Balaban J connectivity index is 0.000000224. The summed E-state index contributed by atoms with van der Waals surface area (Å²) in [6.07, 6.45) is 2.17. The highest BCUT2D eigenvalue weighted by Crippen LogP contribution is 2.19. The van der Waals surface area contributed by atoms with Crippen molar-refractivity contribution in [2.45, 2.75) is 45.9 Å². The minimum absolute atomic E-state index is 0.120. The van der Waals surface area contributed by atoms with Gasteiger partial charge in [-0.2, -0.15) is 0 Å². The first-order valence-corrected chi connectivity index (χ1v) is 7.78. The van der Waals surface area contributed by atoms with Gasteiger partial charge in [0, 0.05) is 24.3 Å². The standard InChI is InChI=1S/C9H13N2O.C9H12S/c1-3-9(12)8-5-4-7(2)11(10)6-8;1-6-4-7(2)9(10)8(3)5-6/h4-6H,3,10H2,1-2H3;4-5,10H,1-3H3/q+1;. The maximum absolute atomic E-state index is 11.2. The Morgan fingerprint density at radius 3 is 2.14 bits per heavy atom. The molecule has 0 aliphatic carbocycles. The molecular weight excluding hydrogens is 292 g/mol. The van der Waals surface area contributed by atoms with Crippen molar-refractivity contribution in [2.24, 2.45) is 0 Å². The fourth-order valence-electron chi connectivity index (χ4n) is 2.13. The number of benzene rings is 1. The van der Waals surface area contributed by atoms with Crippen LogP contribution in [0.1, 0.15) is 46.1 Å². The fraction of sp³-hybridized carbons (Fsp3) is 0.333. The third kappa shape index (κ3) is 4.88. The molecule has 0 aliphatic heterocycles. The monoisotopic (exact) mass is 317 g/mol. The molecule has 1 aromatic heterocycles. The lowest BCUT2D eigenvalue weighted by atomic mass is 10.1. The molecule has 3 nitrogen and oxygen atoms in total. The summed E-state index contributed by atoms with van der Waals surface area (Å²) in [6.45, 7) is 10.0. The van der Waals surface area contributed by atoms with Crippen LogP contribution in [0.2, 0.25) is 0 Å². The summed E-state index contributed by atoms with van der Waals surface area (Å²) < 4.78 is 1.46. The molecule has 0 saturated carbocycles. The number of nitrogen functional groups attached to an aromatic ring is 1. The highest BCUT2D eigenvalue weighted by atomic mass is 32.1. The molecule has 1 heterocycles. The number of carbonyl (C=O) groups is 1. The molecule has 0 radical (unpaired) electrons. The maximum atomic E-state index is 11.2. The molecule has 2 N–H and O–H groups in total. The van der Waals surface area contributed by atoms with E-state index in [1.54, 1.807) is 12.3 Å². The van der Waals surface area contributed by atoms with Crippen LogP contribution in [0.5, 0.6) is 0 Å². The van der Waals surface area contributed by atoms with E-state index >= 15 is 0 Å². The largest absolute Gasteiger partial charge is 0.294 e. The van der Waals surface area contributed by atoms with Gasteiger partial charge in [0.2, 0.25) is 11.9 Å². The Morgan fingerprint density at radius 1 is 1.14 bits per heavy atom. The molecule has 118 valence electrons. The van der Waals surface area contributed by atoms with Gasteiger partial charge >= 0.3 is 0 Å². The van der Waals surface area contributed by atoms with Gasteiger partial charge in [-0.1, -0.05) is 29.3 Å². The third-order valence-electron chi connectivity index (χ3n) is 3.47. The predicted molar refractivity (Wildman–Crippen MR) is 94.1 cm³/mol. The van der Waals surface area contributed by atoms with Crippen molar-refractivity contribution >= 4 is 18.4 Å². The Bertz CT molecular complexity index is 658. The number of pyridine rings is 1. The second-order valence-electron chi connectivity index (χ2n) is 5.49. The Morgan fingerprint density at radius 2 is 1.68 bits per heavy atom. The van der Waals surface area contributed by atoms with Crippen molar-refractivity contribution in [3.63, 3.8) is 0 Å². The molecular formula is C18H25N2OS+. The average molecular weight is 317 g/mol. The van der Waals surface area contributed by atoms with E-state index in [4.69, 9.17) is 5.84 Å². The van der Waals surface area contributed by atoms with Crippen LogP contribution in [0, 0.1) is 27.7 Å². The molecule has 1 aromatic carbocycles. The Labute approximate surface area is 138 Å². The molecule has 0 aliphatic rings. The molecule has 0 bridgehead atoms. The van der Waals surface area contributed by atoms with Gasteiger partial charge in [-0.15, -0.1) is 12.6 Å². The maximum Gasteiger partial charge on any atom is 0.210 e. The summed E-state index contributed by atoms with van der Waals surface area (Å²) in [5.74, 6) is 5.70. The van der Waals surface area contributed by atoms with E-state index in [1.807, 2.05) is 19.9 Å². The topological polar surface area (TPSA) is 47.0 Å². The minimum atomic E-state index is 0.120. The van der Waals surface area contributed by atoms with Crippen molar-refractivity contribution in [1.29, 1.82) is 0 Å². The molecule has 2 rings (SSSR count). The predicted octanol–water partition coefficient (Wildman–Crippen LogP) is 3.49. The van der Waals surface area contributed by atoms with E-state index in [0.29, 0.717) is 12.0 Å². The second-order valence-corrected chi connectivity index (χ2v) is 5.94. The molecule has 0 atom stereocenters. The molecule has 22 heavy (non-hydrogen) atoms. The van der Waals surface area contributed by atoms with E-state index < -0.39 is 0 Å². The highest BCUT2D eigenvalue weighted by molar-refractivity contribution is 7.80. The quantitative estimate of drug-likeness (QED) is 0.385. The number of hydrogen-bond acceptors (Lipinski definition) is 3. The van der Waals surface area contributed by atoms with Gasteiger partial charge in [-0.3, -0.25) is 4.79 Å². The number of aryl methyl sites for hydroxylation is 4. The third-order valence-corrected chi connectivity index (χ3v) is 4.17. The van der Waals surface area contributed by atoms with E-state index in [-0.39, 0.29) is 5.78 Å². The smallest absolute Gasteiger partial charge is 0.210 e. The first-order chi connectivity index (χ1) is 10.3. The lowest BCUT2D eigenvalue weighted by Crippen LogP contribution is -2.47. The van der Waals surface area contributed by atoms with E-state index in [2.05, 4.69) is 45.5 Å². The number of rotatable bonds is 2. The molecule has 0 spiro atoms. The molecule has 0 saturated heterocycles. The average Bonchev–Trinajstić information content (AvgIpc) is 2.47. The van der Waals surface area contributed by atoms with Gasteiger partial charge < -0.3 is 0 Å². The van der Waals surface area contributed by atoms with Gasteiger partial charge in [0.1, 0.15) is 0 Å². The van der Waals surface area contributed by atoms with Gasteiger partial charge in [0.25, 0.3) is 0 Å². The summed E-state index contributed by atoms with van der Waals surface area (Å²) in [5, 5.41) is 0. The van der Waals surface area contributed by atoms with Crippen LogP contribution in [0.3, 0.4) is 0 Å². The van der Waals surface area contributed by atoms with Crippen LogP contribution < -0.4 is 10.5 Å². The highest BCUT2D eigenvalue weighted by Gasteiger charge is 2.09. The number of thiol groups is 1. The van der Waals surface area contributed by atoms with Crippen LogP contribution >= 0.6 is 12.6 Å². The summed E-state index contributed by atoms with van der Waals surface area (Å²) >= 11 is 4.36. The summed E-state index contributed by atoms with van der Waals surface area (Å²) in [4.78, 5) is 12.3. The minimum Gasteiger partial charge on any atom is -0.294 e. The Hall–Kier alpha value is -1.81. The number of carbonyl (C=O) groups excluding carboxylic acids is 1. The number of ketones is 1. The van der Waals surface area contributed by atoms with Crippen LogP contribution in [-0.2, 0) is 0 Å². The fourth-order valence-corrected chi connectivity index (χ4v) is 2.26. The zero-order valence-electron chi connectivity index (χ0n) is 14.0. The normalized spacial score (nSPS) is 9.91. The number of nitrogens with two attached hydrogens (primary N) is 1. The summed E-state index contributed by atoms with van der Waals surface area (Å²) in [7, 11) is 0. The van der Waals surface area contributed by atoms with Gasteiger partial charge in [-0.25, -0.2) is 5.84 Å². The van der Waals surface area contributed by atoms with E-state index in [9.17, 15) is 4.79 Å². The molecule has 0 fully saturated rings. The zero-order chi connectivity index (χ0) is 16.9. The molecule has 4 heteroatoms. The van der Waals surface area contributed by atoms with E-state index in [0.717, 1.165) is 10.6 Å². The van der Waals surface area contributed by atoms with Gasteiger partial charge in [0.15, 0.2) is 5.78 Å². The molecule has 0 amide bonds. The first-order valence-electron chi connectivity index (χ1n) is 7.33. The van der Waals surface area contributed by atoms with Crippen molar-refractivity contribution in [2.75, 3.05) is 5.84 Å². The number of Topliss-reactive ketones (excluding diaryl/α,β-unsaturated/α-hetero) is 1. The summed E-state index contributed by atoms with van der Waals surface area (Å²) in [6, 6.07) is 7.93.